The molecule has 0 saturated carbocycles. The topological polar surface area (TPSA) is 41.9 Å². The number of phenolic OH excluding ortho intramolecular Hbond substituents is 1. The molecule has 1 atom stereocenters. The number of ether oxygens (including phenoxy) is 2. The maximum Gasteiger partial charge on any atom is 0.122 e. The second kappa shape index (κ2) is 4.55. The van der Waals surface area contributed by atoms with E-state index in [0.29, 0.717) is 11.8 Å². The zero-order valence-electron chi connectivity index (χ0n) is 9.76. The van der Waals surface area contributed by atoms with E-state index in [-0.39, 0.29) is 0 Å². The average molecular weight is 235 g/mol. The van der Waals surface area contributed by atoms with E-state index in [2.05, 4.69) is 4.90 Å². The Balaban J connectivity index is 1.75. The summed E-state index contributed by atoms with van der Waals surface area (Å²) in [7, 11) is 0. The Hall–Kier alpha value is -1.26. The van der Waals surface area contributed by atoms with Gasteiger partial charge in [-0.05, 0) is 30.2 Å². The van der Waals surface area contributed by atoms with Crippen molar-refractivity contribution in [2.45, 2.75) is 12.5 Å². The Bertz CT molecular complexity index is 402. The highest BCUT2D eigenvalue weighted by Crippen LogP contribution is 2.29. The molecule has 1 aromatic rings. The van der Waals surface area contributed by atoms with Gasteiger partial charge in [0.2, 0.25) is 0 Å². The van der Waals surface area contributed by atoms with E-state index in [1.54, 1.807) is 6.07 Å². The molecular weight excluding hydrogens is 218 g/mol. The van der Waals surface area contributed by atoms with Crippen LogP contribution in [0.4, 0.5) is 0 Å². The monoisotopic (exact) mass is 235 g/mol. The Labute approximate surface area is 101 Å². The zero-order valence-corrected chi connectivity index (χ0v) is 9.76. The molecule has 1 saturated heterocycles. The highest BCUT2D eigenvalue weighted by Gasteiger charge is 2.26. The molecule has 0 spiro atoms. The molecule has 92 valence electrons. The Morgan fingerprint density at radius 3 is 2.88 bits per heavy atom. The van der Waals surface area contributed by atoms with Crippen LogP contribution in [-0.2, 0) is 11.2 Å². The summed E-state index contributed by atoms with van der Waals surface area (Å²) in [4.78, 5) is 2.41. The molecule has 0 aromatic heterocycles. The van der Waals surface area contributed by atoms with Crippen LogP contribution in [0.5, 0.6) is 11.5 Å². The van der Waals surface area contributed by atoms with Crippen LogP contribution in [-0.4, -0.2) is 49.0 Å². The van der Waals surface area contributed by atoms with Crippen molar-refractivity contribution in [3.8, 4) is 11.5 Å². The maximum absolute atomic E-state index is 9.50. The van der Waals surface area contributed by atoms with Crippen molar-refractivity contribution in [2.24, 2.45) is 0 Å². The molecule has 1 aromatic carbocycles. The standard InChI is InChI=1S/C13H17NO3/c15-12-1-2-13-10(8-12)7-11(9-17-13)14-3-5-16-6-4-14/h1-2,8,11,15H,3-7,9H2. The SMILES string of the molecule is Oc1ccc2c(c1)CC(N1CCOCC1)CO2. The van der Waals surface area contributed by atoms with Crippen molar-refractivity contribution in [2.75, 3.05) is 32.9 Å². The number of morpholine rings is 1. The maximum atomic E-state index is 9.50. The predicted molar refractivity (Wildman–Crippen MR) is 63.5 cm³/mol. The fraction of sp³-hybridized carbons (Fsp3) is 0.538. The number of fused-ring (bicyclic) bond motifs is 1. The van der Waals surface area contributed by atoms with Crippen molar-refractivity contribution in [3.05, 3.63) is 23.8 Å². The number of hydrogen-bond acceptors (Lipinski definition) is 4. The number of phenols is 1. The number of rotatable bonds is 1. The molecule has 4 heteroatoms. The lowest BCUT2D eigenvalue weighted by atomic mass is 10.0. The average Bonchev–Trinajstić information content (AvgIpc) is 2.39. The minimum Gasteiger partial charge on any atom is -0.508 e. The summed E-state index contributed by atoms with van der Waals surface area (Å²) in [5.74, 6) is 1.22. The lowest BCUT2D eigenvalue weighted by molar-refractivity contribution is 0.00245. The molecule has 1 N–H and O–H groups in total. The van der Waals surface area contributed by atoms with Gasteiger partial charge >= 0.3 is 0 Å². The van der Waals surface area contributed by atoms with Gasteiger partial charge in [0, 0.05) is 19.1 Å². The first kappa shape index (κ1) is 10.9. The first-order valence-corrected chi connectivity index (χ1v) is 6.09. The molecule has 1 fully saturated rings. The summed E-state index contributed by atoms with van der Waals surface area (Å²) in [5, 5.41) is 9.50. The minimum absolute atomic E-state index is 0.315. The molecule has 0 radical (unpaired) electrons. The third-order valence-electron chi connectivity index (χ3n) is 3.49. The Morgan fingerprint density at radius 2 is 2.06 bits per heavy atom. The molecule has 0 aliphatic carbocycles. The lowest BCUT2D eigenvalue weighted by Crippen LogP contribution is -2.48. The van der Waals surface area contributed by atoms with Gasteiger partial charge in [-0.2, -0.15) is 0 Å². The van der Waals surface area contributed by atoms with Crippen LogP contribution in [0, 0.1) is 0 Å². The van der Waals surface area contributed by atoms with E-state index >= 15 is 0 Å². The van der Waals surface area contributed by atoms with Crippen molar-refractivity contribution >= 4 is 0 Å². The van der Waals surface area contributed by atoms with Gasteiger partial charge in [0.15, 0.2) is 0 Å². The van der Waals surface area contributed by atoms with Crippen LogP contribution in [0.2, 0.25) is 0 Å². The molecule has 2 aliphatic heterocycles. The van der Waals surface area contributed by atoms with E-state index in [1.165, 1.54) is 0 Å². The van der Waals surface area contributed by atoms with Crippen LogP contribution < -0.4 is 4.74 Å². The van der Waals surface area contributed by atoms with Crippen molar-refractivity contribution < 1.29 is 14.6 Å². The Kier molecular flexibility index (Phi) is 2.91. The second-order valence-corrected chi connectivity index (χ2v) is 4.61. The first-order chi connectivity index (χ1) is 8.33. The Morgan fingerprint density at radius 1 is 1.24 bits per heavy atom. The number of nitrogens with zero attached hydrogens (tertiary/aromatic N) is 1. The van der Waals surface area contributed by atoms with Crippen molar-refractivity contribution in [1.82, 2.24) is 4.90 Å². The number of aromatic hydroxyl groups is 1. The highest BCUT2D eigenvalue weighted by molar-refractivity contribution is 5.41. The van der Waals surface area contributed by atoms with Crippen molar-refractivity contribution in [1.29, 1.82) is 0 Å². The van der Waals surface area contributed by atoms with E-state index in [0.717, 1.165) is 50.6 Å². The second-order valence-electron chi connectivity index (χ2n) is 4.61. The molecule has 2 aliphatic rings. The fourth-order valence-corrected chi connectivity index (χ4v) is 2.54. The van der Waals surface area contributed by atoms with Crippen LogP contribution in [0.3, 0.4) is 0 Å². The van der Waals surface area contributed by atoms with Gasteiger partial charge < -0.3 is 14.6 Å². The molecule has 0 amide bonds. The summed E-state index contributed by atoms with van der Waals surface area (Å²) in [6.07, 6.45) is 0.948. The van der Waals surface area contributed by atoms with Crippen LogP contribution in [0.15, 0.2) is 18.2 Å². The van der Waals surface area contributed by atoms with Gasteiger partial charge in [0.05, 0.1) is 13.2 Å². The van der Waals surface area contributed by atoms with Crippen LogP contribution in [0.1, 0.15) is 5.56 Å². The zero-order chi connectivity index (χ0) is 11.7. The number of hydrogen-bond donors (Lipinski definition) is 1. The quantitative estimate of drug-likeness (QED) is 0.789. The molecular formula is C13H17NO3. The predicted octanol–water partition coefficient (Wildman–Crippen LogP) is 1.03. The summed E-state index contributed by atoms with van der Waals surface area (Å²) in [6, 6.07) is 5.74. The minimum atomic E-state index is 0.315. The first-order valence-electron chi connectivity index (χ1n) is 6.09. The van der Waals surface area contributed by atoms with Gasteiger partial charge in [0.25, 0.3) is 0 Å². The largest absolute Gasteiger partial charge is 0.508 e. The molecule has 0 bridgehead atoms. The molecule has 1 unspecified atom stereocenters. The van der Waals surface area contributed by atoms with E-state index in [1.807, 2.05) is 12.1 Å². The molecule has 4 nitrogen and oxygen atoms in total. The van der Waals surface area contributed by atoms with Crippen molar-refractivity contribution in [3.63, 3.8) is 0 Å². The van der Waals surface area contributed by atoms with E-state index < -0.39 is 0 Å². The van der Waals surface area contributed by atoms with E-state index in [9.17, 15) is 5.11 Å². The summed E-state index contributed by atoms with van der Waals surface area (Å²) in [6.45, 7) is 4.30. The number of benzene rings is 1. The van der Waals surface area contributed by atoms with Gasteiger partial charge in [0.1, 0.15) is 18.1 Å². The van der Waals surface area contributed by atoms with E-state index in [4.69, 9.17) is 9.47 Å². The molecule has 17 heavy (non-hydrogen) atoms. The van der Waals surface area contributed by atoms with Crippen LogP contribution in [0.25, 0.3) is 0 Å². The summed E-state index contributed by atoms with van der Waals surface area (Å²) < 4.78 is 11.1. The fourth-order valence-electron chi connectivity index (χ4n) is 2.54. The summed E-state index contributed by atoms with van der Waals surface area (Å²) in [5.41, 5.74) is 1.10. The smallest absolute Gasteiger partial charge is 0.122 e. The summed E-state index contributed by atoms with van der Waals surface area (Å²) >= 11 is 0. The third kappa shape index (κ3) is 2.23. The molecule has 2 heterocycles. The third-order valence-corrected chi connectivity index (χ3v) is 3.49. The van der Waals surface area contributed by atoms with Gasteiger partial charge in [-0.25, -0.2) is 0 Å². The lowest BCUT2D eigenvalue weighted by Gasteiger charge is -2.37. The van der Waals surface area contributed by atoms with Gasteiger partial charge in [-0.15, -0.1) is 0 Å². The van der Waals surface area contributed by atoms with Crippen LogP contribution >= 0.6 is 0 Å². The van der Waals surface area contributed by atoms with Gasteiger partial charge in [-0.3, -0.25) is 4.90 Å². The highest BCUT2D eigenvalue weighted by atomic mass is 16.5. The van der Waals surface area contributed by atoms with Gasteiger partial charge in [-0.1, -0.05) is 0 Å². The normalized spacial score (nSPS) is 25.1. The molecule has 3 rings (SSSR count).